The number of nitrogens with zero attached hydrogens (tertiary/aromatic N) is 1. The Morgan fingerprint density at radius 3 is 2.00 bits per heavy atom. The Labute approximate surface area is 87.3 Å². The van der Waals surface area contributed by atoms with Crippen LogP contribution in [0, 0.1) is 0 Å². The monoisotopic (exact) mass is 190 g/mol. The van der Waals surface area contributed by atoms with Crippen molar-refractivity contribution >= 4 is 6.08 Å². The van der Waals surface area contributed by atoms with E-state index in [2.05, 4.69) is 58.9 Å². The van der Waals surface area contributed by atoms with Crippen molar-refractivity contribution in [3.8, 4) is 0 Å². The first-order valence-electron chi connectivity index (χ1n) is 4.98. The maximum absolute atomic E-state index is 3.75. The van der Waals surface area contributed by atoms with Crippen LogP contribution in [-0.4, -0.2) is 25.6 Å². The van der Waals surface area contributed by atoms with Crippen molar-refractivity contribution in [3.63, 3.8) is 0 Å². The van der Waals surface area contributed by atoms with Gasteiger partial charge in [-0.2, -0.15) is 0 Å². The van der Waals surface area contributed by atoms with Crippen LogP contribution in [0.1, 0.15) is 24.1 Å². The van der Waals surface area contributed by atoms with Gasteiger partial charge < -0.3 is 4.48 Å². The number of quaternary nitrogens is 1. The summed E-state index contributed by atoms with van der Waals surface area (Å²) in [5.41, 5.74) is 2.56. The molecule has 0 N–H and O–H groups in total. The van der Waals surface area contributed by atoms with Crippen LogP contribution in [0.5, 0.6) is 0 Å². The van der Waals surface area contributed by atoms with Gasteiger partial charge in [0.1, 0.15) is 6.04 Å². The summed E-state index contributed by atoms with van der Waals surface area (Å²) < 4.78 is 0.952. The molecule has 1 aromatic rings. The third kappa shape index (κ3) is 2.46. The van der Waals surface area contributed by atoms with Gasteiger partial charge in [-0.25, -0.2) is 0 Å². The highest BCUT2D eigenvalue weighted by Gasteiger charge is 2.19. The molecule has 0 bridgehead atoms. The van der Waals surface area contributed by atoms with Crippen molar-refractivity contribution in [3.05, 3.63) is 42.0 Å². The molecule has 0 aliphatic carbocycles. The summed E-state index contributed by atoms with van der Waals surface area (Å²) in [6.45, 7) is 6.00. The first-order valence-corrected chi connectivity index (χ1v) is 4.98. The van der Waals surface area contributed by atoms with Gasteiger partial charge in [0.25, 0.3) is 0 Å². The van der Waals surface area contributed by atoms with Crippen molar-refractivity contribution < 1.29 is 4.48 Å². The highest BCUT2D eigenvalue weighted by atomic mass is 15.3. The Morgan fingerprint density at radius 1 is 1.14 bits per heavy atom. The maximum atomic E-state index is 3.75. The zero-order valence-corrected chi connectivity index (χ0v) is 9.62. The fourth-order valence-corrected chi connectivity index (χ4v) is 1.36. The Morgan fingerprint density at radius 2 is 1.64 bits per heavy atom. The quantitative estimate of drug-likeness (QED) is 0.642. The average molecular weight is 190 g/mol. The van der Waals surface area contributed by atoms with Gasteiger partial charge in [-0.15, -0.1) is 0 Å². The molecule has 1 heteroatoms. The van der Waals surface area contributed by atoms with Crippen LogP contribution >= 0.6 is 0 Å². The van der Waals surface area contributed by atoms with Crippen LogP contribution in [0.4, 0.5) is 0 Å². The van der Waals surface area contributed by atoms with Crippen LogP contribution in [0.3, 0.4) is 0 Å². The molecule has 0 saturated carbocycles. The van der Waals surface area contributed by atoms with Crippen LogP contribution in [0.2, 0.25) is 0 Å². The van der Waals surface area contributed by atoms with E-state index in [0.717, 1.165) is 4.48 Å². The Bertz CT molecular complexity index is 303. The molecule has 0 aromatic heterocycles. The van der Waals surface area contributed by atoms with E-state index in [1.54, 1.807) is 0 Å². The lowest BCUT2D eigenvalue weighted by atomic mass is 10.0. The van der Waals surface area contributed by atoms with E-state index in [0.29, 0.717) is 6.04 Å². The molecule has 1 aromatic carbocycles. The van der Waals surface area contributed by atoms with E-state index in [9.17, 15) is 0 Å². The molecule has 0 saturated heterocycles. The zero-order chi connectivity index (χ0) is 10.8. The summed E-state index contributed by atoms with van der Waals surface area (Å²) in [5.74, 6) is 0. The lowest BCUT2D eigenvalue weighted by Gasteiger charge is -2.31. The van der Waals surface area contributed by atoms with Gasteiger partial charge in [0.2, 0.25) is 0 Å². The molecule has 0 amide bonds. The third-order valence-corrected chi connectivity index (χ3v) is 2.82. The minimum absolute atomic E-state index is 0.522. The van der Waals surface area contributed by atoms with Crippen molar-refractivity contribution in [1.82, 2.24) is 0 Å². The molecule has 0 heterocycles. The third-order valence-electron chi connectivity index (χ3n) is 2.82. The van der Waals surface area contributed by atoms with E-state index in [-0.39, 0.29) is 0 Å². The highest BCUT2D eigenvalue weighted by Crippen LogP contribution is 2.22. The van der Waals surface area contributed by atoms with E-state index in [1.807, 2.05) is 6.08 Å². The van der Waals surface area contributed by atoms with E-state index < -0.39 is 0 Å². The summed E-state index contributed by atoms with van der Waals surface area (Å²) in [6, 6.07) is 9.13. The molecule has 0 spiro atoms. The molecule has 1 unspecified atom stereocenters. The molecule has 1 atom stereocenters. The van der Waals surface area contributed by atoms with Gasteiger partial charge in [0.05, 0.1) is 21.1 Å². The number of hydrogen-bond donors (Lipinski definition) is 0. The van der Waals surface area contributed by atoms with Crippen molar-refractivity contribution in [1.29, 1.82) is 0 Å². The predicted octanol–water partition coefficient (Wildman–Crippen LogP) is 3.10. The van der Waals surface area contributed by atoms with Gasteiger partial charge in [-0.3, -0.25) is 0 Å². The zero-order valence-electron chi connectivity index (χ0n) is 9.62. The number of benzene rings is 1. The Kier molecular flexibility index (Phi) is 3.12. The second kappa shape index (κ2) is 3.97. The molecular formula is C13H20N+. The fraction of sp³-hybridized carbons (Fsp3) is 0.385. The van der Waals surface area contributed by atoms with Gasteiger partial charge in [0.15, 0.2) is 0 Å². The summed E-state index contributed by atoms with van der Waals surface area (Å²) in [5, 5.41) is 0. The molecule has 14 heavy (non-hydrogen) atoms. The second-order valence-corrected chi connectivity index (χ2v) is 4.66. The first kappa shape index (κ1) is 11.0. The average Bonchev–Trinajstić information content (AvgIpc) is 2.15. The second-order valence-electron chi connectivity index (χ2n) is 4.66. The Balaban J connectivity index is 2.92. The van der Waals surface area contributed by atoms with Gasteiger partial charge in [-0.1, -0.05) is 36.9 Å². The Hall–Kier alpha value is -1.08. The van der Waals surface area contributed by atoms with E-state index in [1.165, 1.54) is 11.1 Å². The lowest BCUT2D eigenvalue weighted by molar-refractivity contribution is -0.900. The molecule has 0 aliphatic rings. The van der Waals surface area contributed by atoms with Crippen molar-refractivity contribution in [2.75, 3.05) is 21.1 Å². The largest absolute Gasteiger partial charge is 0.325 e. The minimum Gasteiger partial charge on any atom is -0.325 e. The first-order chi connectivity index (χ1) is 6.45. The fourth-order valence-electron chi connectivity index (χ4n) is 1.36. The van der Waals surface area contributed by atoms with E-state index in [4.69, 9.17) is 0 Å². The van der Waals surface area contributed by atoms with Crippen LogP contribution in [0.15, 0.2) is 30.8 Å². The van der Waals surface area contributed by atoms with Crippen LogP contribution in [-0.2, 0) is 0 Å². The standard InChI is InChI=1S/C13H20N/c1-6-12-7-9-13(10-8-12)11(2)14(3,4)5/h6-11H,1H2,2-5H3/q+1. The smallest absolute Gasteiger partial charge is 0.111 e. The minimum atomic E-state index is 0.522. The van der Waals surface area contributed by atoms with Gasteiger partial charge >= 0.3 is 0 Å². The molecule has 1 nitrogen and oxygen atoms in total. The van der Waals surface area contributed by atoms with Crippen LogP contribution in [0.25, 0.3) is 6.08 Å². The molecule has 0 fully saturated rings. The SMILES string of the molecule is C=Cc1ccc(C(C)[N+](C)(C)C)cc1. The van der Waals surface area contributed by atoms with E-state index >= 15 is 0 Å². The summed E-state index contributed by atoms with van der Waals surface area (Å²) in [4.78, 5) is 0. The molecular weight excluding hydrogens is 170 g/mol. The maximum Gasteiger partial charge on any atom is 0.111 e. The summed E-state index contributed by atoms with van der Waals surface area (Å²) in [6.07, 6.45) is 1.88. The predicted molar refractivity (Wildman–Crippen MR) is 63.0 cm³/mol. The molecule has 76 valence electrons. The summed E-state index contributed by atoms with van der Waals surface area (Å²) >= 11 is 0. The van der Waals surface area contributed by atoms with Gasteiger partial charge in [0, 0.05) is 5.56 Å². The molecule has 0 radical (unpaired) electrons. The number of rotatable bonds is 3. The number of hydrogen-bond acceptors (Lipinski definition) is 0. The lowest BCUT2D eigenvalue weighted by Crippen LogP contribution is -2.37. The van der Waals surface area contributed by atoms with Crippen molar-refractivity contribution in [2.45, 2.75) is 13.0 Å². The highest BCUT2D eigenvalue weighted by molar-refractivity contribution is 5.47. The molecule has 1 rings (SSSR count). The topological polar surface area (TPSA) is 0 Å². The van der Waals surface area contributed by atoms with Crippen molar-refractivity contribution in [2.24, 2.45) is 0 Å². The van der Waals surface area contributed by atoms with Crippen LogP contribution < -0.4 is 0 Å². The normalized spacial score (nSPS) is 13.7. The molecule has 0 aliphatic heterocycles. The van der Waals surface area contributed by atoms with Gasteiger partial charge in [-0.05, 0) is 12.5 Å². The summed E-state index contributed by atoms with van der Waals surface area (Å²) in [7, 11) is 6.64.